The second kappa shape index (κ2) is 5.97. The summed E-state index contributed by atoms with van der Waals surface area (Å²) in [4.78, 5) is 10.8. The number of benzene rings is 1. The molecule has 2 N–H and O–H groups in total. The quantitative estimate of drug-likeness (QED) is 0.505. The van der Waals surface area contributed by atoms with Crippen molar-refractivity contribution in [2.75, 3.05) is 5.32 Å². The Hall–Kier alpha value is -0.400. The number of carbonyl (C=O) groups excluding carboxylic acids is 1. The zero-order valence-electron chi connectivity index (χ0n) is 10.2. The molecule has 1 amide bonds. The second-order valence-corrected chi connectivity index (χ2v) is 5.01. The van der Waals surface area contributed by atoms with Crippen molar-refractivity contribution in [3.63, 3.8) is 0 Å². The van der Waals surface area contributed by atoms with Gasteiger partial charge in [-0.05, 0) is 37.1 Å². The Morgan fingerprint density at radius 3 is 1.94 bits per heavy atom. The van der Waals surface area contributed by atoms with Crippen LogP contribution < -0.4 is 34.9 Å². The van der Waals surface area contributed by atoms with E-state index < -0.39 is 10.1 Å². The number of aryl methyl sites for hydroxylation is 2. The van der Waals surface area contributed by atoms with Gasteiger partial charge in [-0.25, -0.2) is 0 Å². The summed E-state index contributed by atoms with van der Waals surface area (Å²) >= 11 is 0. The van der Waals surface area contributed by atoms with Crippen molar-refractivity contribution in [2.24, 2.45) is 0 Å². The molecule has 0 unspecified atom stereocenters. The van der Waals surface area contributed by atoms with E-state index in [4.69, 9.17) is 4.55 Å². The number of amides is 1. The van der Waals surface area contributed by atoms with Gasteiger partial charge in [0.25, 0.3) is 10.1 Å². The van der Waals surface area contributed by atoms with Gasteiger partial charge in [0.1, 0.15) is 0 Å². The van der Waals surface area contributed by atoms with Crippen LogP contribution in [0.1, 0.15) is 18.1 Å². The molecule has 7 heteroatoms. The maximum absolute atomic E-state index is 10.9. The van der Waals surface area contributed by atoms with E-state index in [0.29, 0.717) is 16.8 Å². The fourth-order valence-corrected chi connectivity index (χ4v) is 2.10. The molecule has 0 saturated carbocycles. The predicted molar refractivity (Wildman–Crippen MR) is 60.0 cm³/mol. The number of hydrogen-bond donors (Lipinski definition) is 2. The molecule has 1 aromatic carbocycles. The van der Waals surface area contributed by atoms with Crippen LogP contribution >= 0.6 is 0 Å². The third-order valence-electron chi connectivity index (χ3n) is 2.11. The summed E-state index contributed by atoms with van der Waals surface area (Å²) in [6, 6.07) is 2.63. The van der Waals surface area contributed by atoms with Crippen LogP contribution in [0.15, 0.2) is 17.0 Å². The zero-order chi connectivity index (χ0) is 12.5. The molecule has 88 valence electrons. The second-order valence-electron chi connectivity index (χ2n) is 3.59. The summed E-state index contributed by atoms with van der Waals surface area (Å²) in [6.07, 6.45) is 0. The van der Waals surface area contributed by atoms with Crippen LogP contribution in [0.4, 0.5) is 5.69 Å². The molecular formula is C10H13NNaO4S+. The van der Waals surface area contributed by atoms with E-state index in [1.807, 2.05) is 0 Å². The number of hydrogen-bond acceptors (Lipinski definition) is 3. The summed E-state index contributed by atoms with van der Waals surface area (Å²) in [5.41, 5.74) is 1.74. The summed E-state index contributed by atoms with van der Waals surface area (Å²) in [6.45, 7) is 4.69. The van der Waals surface area contributed by atoms with Gasteiger partial charge < -0.3 is 5.32 Å². The molecule has 0 aliphatic heterocycles. The number of anilines is 1. The SMILES string of the molecule is CC(=O)Nc1c(C)cc(S(=O)(=O)O)cc1C.[Na+]. The first-order valence-corrected chi connectivity index (χ1v) is 6.02. The van der Waals surface area contributed by atoms with Gasteiger partial charge in [-0.3, -0.25) is 9.35 Å². The Morgan fingerprint density at radius 2 is 1.65 bits per heavy atom. The van der Waals surface area contributed by atoms with Crippen LogP contribution in [0.2, 0.25) is 0 Å². The van der Waals surface area contributed by atoms with Crippen molar-refractivity contribution in [3.8, 4) is 0 Å². The van der Waals surface area contributed by atoms with E-state index in [9.17, 15) is 13.2 Å². The summed E-state index contributed by atoms with van der Waals surface area (Å²) in [7, 11) is -4.21. The molecule has 0 aromatic heterocycles. The van der Waals surface area contributed by atoms with Crippen molar-refractivity contribution >= 4 is 21.7 Å². The Balaban J connectivity index is 0.00000256. The maximum Gasteiger partial charge on any atom is 1.00 e. The molecule has 1 aromatic rings. The van der Waals surface area contributed by atoms with E-state index >= 15 is 0 Å². The number of carbonyl (C=O) groups is 1. The van der Waals surface area contributed by atoms with Gasteiger partial charge >= 0.3 is 29.6 Å². The standard InChI is InChI=1S/C10H13NO4S.Na/c1-6-4-9(16(13,14)15)5-7(2)10(6)11-8(3)12;/h4-5H,1-3H3,(H,11,12)(H,13,14,15);/q;+1. The Kier molecular flexibility index (Phi) is 5.83. The van der Waals surface area contributed by atoms with E-state index in [-0.39, 0.29) is 40.4 Å². The van der Waals surface area contributed by atoms with E-state index in [0.717, 1.165) is 0 Å². The van der Waals surface area contributed by atoms with Crippen LogP contribution in [0.5, 0.6) is 0 Å². The predicted octanol–water partition coefficient (Wildman–Crippen LogP) is -1.49. The average molecular weight is 266 g/mol. The van der Waals surface area contributed by atoms with Crippen LogP contribution in [0.3, 0.4) is 0 Å². The molecule has 0 radical (unpaired) electrons. The van der Waals surface area contributed by atoms with Crippen LogP contribution in [0, 0.1) is 13.8 Å². The van der Waals surface area contributed by atoms with Crippen LogP contribution in [-0.4, -0.2) is 18.9 Å². The maximum atomic E-state index is 10.9. The summed E-state index contributed by atoms with van der Waals surface area (Å²) < 4.78 is 30.8. The molecule has 0 saturated heterocycles. The largest absolute Gasteiger partial charge is 1.00 e. The molecule has 0 heterocycles. The number of rotatable bonds is 2. The molecule has 0 aliphatic carbocycles. The molecular weight excluding hydrogens is 253 g/mol. The minimum absolute atomic E-state index is 0. The minimum Gasteiger partial charge on any atom is -0.326 e. The fourth-order valence-electron chi connectivity index (χ4n) is 1.45. The van der Waals surface area contributed by atoms with E-state index in [2.05, 4.69) is 5.32 Å². The zero-order valence-corrected chi connectivity index (χ0v) is 13.1. The van der Waals surface area contributed by atoms with Gasteiger partial charge in [0.05, 0.1) is 4.90 Å². The molecule has 0 aliphatic rings. The van der Waals surface area contributed by atoms with Crippen LogP contribution in [0.25, 0.3) is 0 Å². The van der Waals surface area contributed by atoms with Gasteiger partial charge in [0.2, 0.25) is 5.91 Å². The van der Waals surface area contributed by atoms with Crippen molar-refractivity contribution in [2.45, 2.75) is 25.7 Å². The van der Waals surface area contributed by atoms with Gasteiger partial charge in [-0.15, -0.1) is 0 Å². The van der Waals surface area contributed by atoms with E-state index in [1.165, 1.54) is 19.1 Å². The molecule has 0 spiro atoms. The molecule has 5 nitrogen and oxygen atoms in total. The Labute approximate surface area is 123 Å². The van der Waals surface area contributed by atoms with Gasteiger partial charge in [-0.1, -0.05) is 0 Å². The van der Waals surface area contributed by atoms with Crippen molar-refractivity contribution < 1.29 is 47.3 Å². The van der Waals surface area contributed by atoms with Crippen molar-refractivity contribution in [1.29, 1.82) is 0 Å². The molecule has 0 fully saturated rings. The first-order valence-electron chi connectivity index (χ1n) is 4.58. The van der Waals surface area contributed by atoms with Gasteiger partial charge in [0.15, 0.2) is 0 Å². The summed E-state index contributed by atoms with van der Waals surface area (Å²) in [5, 5.41) is 2.60. The van der Waals surface area contributed by atoms with Gasteiger partial charge in [0, 0.05) is 12.6 Å². The molecule has 1 rings (SSSR count). The average Bonchev–Trinajstić information content (AvgIpc) is 2.09. The monoisotopic (exact) mass is 266 g/mol. The van der Waals surface area contributed by atoms with E-state index in [1.54, 1.807) is 13.8 Å². The first-order chi connectivity index (χ1) is 7.21. The third-order valence-corrected chi connectivity index (χ3v) is 2.94. The van der Waals surface area contributed by atoms with Crippen molar-refractivity contribution in [1.82, 2.24) is 0 Å². The van der Waals surface area contributed by atoms with Crippen LogP contribution in [-0.2, 0) is 14.9 Å². The van der Waals surface area contributed by atoms with Crippen molar-refractivity contribution in [3.05, 3.63) is 23.3 Å². The molecule has 0 atom stereocenters. The molecule has 0 bridgehead atoms. The number of nitrogens with one attached hydrogen (secondary N) is 1. The third kappa shape index (κ3) is 4.40. The minimum atomic E-state index is -4.21. The smallest absolute Gasteiger partial charge is 0.326 e. The summed E-state index contributed by atoms with van der Waals surface area (Å²) in [5.74, 6) is -0.231. The molecule has 17 heavy (non-hydrogen) atoms. The first kappa shape index (κ1) is 16.6. The fraction of sp³-hybridized carbons (Fsp3) is 0.300. The Bertz CT molecular complexity index is 516. The topological polar surface area (TPSA) is 83.5 Å². The Morgan fingerprint density at radius 1 is 1.24 bits per heavy atom. The normalized spacial score (nSPS) is 10.6. The van der Waals surface area contributed by atoms with Gasteiger partial charge in [-0.2, -0.15) is 8.42 Å².